The minimum absolute atomic E-state index is 0.0960. The highest BCUT2D eigenvalue weighted by Gasteiger charge is 2.05. The Kier molecular flexibility index (Phi) is 3.47. The fraction of sp³-hybridized carbons (Fsp3) is 0.364. The normalized spacial score (nSPS) is 9.57. The van der Waals surface area contributed by atoms with Crippen LogP contribution in [-0.4, -0.2) is 13.6 Å². The van der Waals surface area contributed by atoms with Crippen LogP contribution in [0.4, 0.5) is 10.1 Å². The first-order valence-corrected chi connectivity index (χ1v) is 4.59. The first kappa shape index (κ1) is 10.5. The summed E-state index contributed by atoms with van der Waals surface area (Å²) in [4.78, 5) is 1.96. The molecule has 0 saturated heterocycles. The number of hydrogen-bond acceptors (Lipinski definition) is 2. The minimum atomic E-state index is -0.451. The first-order chi connectivity index (χ1) is 6.69. The molecule has 0 amide bonds. The molecular weight excluding hydrogens is 179 g/mol. The average Bonchev–Trinajstić information content (AvgIpc) is 2.18. The quantitative estimate of drug-likeness (QED) is 0.735. The summed E-state index contributed by atoms with van der Waals surface area (Å²) in [7, 11) is 1.91. The van der Waals surface area contributed by atoms with Gasteiger partial charge in [0.25, 0.3) is 0 Å². The maximum absolute atomic E-state index is 13.2. The van der Waals surface area contributed by atoms with E-state index < -0.39 is 5.82 Å². The van der Waals surface area contributed by atoms with Crippen molar-refractivity contribution < 1.29 is 4.39 Å². The Morgan fingerprint density at radius 3 is 2.71 bits per heavy atom. The molecule has 0 radical (unpaired) electrons. The fourth-order valence-electron chi connectivity index (χ4n) is 1.30. The lowest BCUT2D eigenvalue weighted by atomic mass is 10.2. The van der Waals surface area contributed by atoms with Crippen molar-refractivity contribution in [3.8, 4) is 6.07 Å². The Bertz CT molecular complexity index is 355. The topological polar surface area (TPSA) is 27.0 Å². The third kappa shape index (κ3) is 2.23. The van der Waals surface area contributed by atoms with Gasteiger partial charge < -0.3 is 4.90 Å². The van der Waals surface area contributed by atoms with Crippen LogP contribution >= 0.6 is 0 Å². The van der Waals surface area contributed by atoms with E-state index in [9.17, 15) is 4.39 Å². The van der Waals surface area contributed by atoms with Crippen molar-refractivity contribution in [2.24, 2.45) is 0 Å². The third-order valence-corrected chi connectivity index (χ3v) is 2.07. The van der Waals surface area contributed by atoms with E-state index in [2.05, 4.69) is 6.92 Å². The van der Waals surface area contributed by atoms with Crippen LogP contribution in [0.1, 0.15) is 18.9 Å². The number of rotatable bonds is 3. The van der Waals surface area contributed by atoms with Gasteiger partial charge >= 0.3 is 0 Å². The van der Waals surface area contributed by atoms with Crippen LogP contribution < -0.4 is 4.90 Å². The lowest BCUT2D eigenvalue weighted by Gasteiger charge is -2.18. The molecule has 0 aliphatic carbocycles. The second kappa shape index (κ2) is 4.61. The van der Waals surface area contributed by atoms with Crippen molar-refractivity contribution in [1.29, 1.82) is 5.26 Å². The van der Waals surface area contributed by atoms with Gasteiger partial charge in [-0.2, -0.15) is 5.26 Å². The standard InChI is InChI=1S/C11H13FN2/c1-3-6-14(2)10-5-4-9(8-13)11(12)7-10/h4-5,7H,3,6H2,1-2H3. The van der Waals surface area contributed by atoms with Crippen molar-refractivity contribution in [2.45, 2.75) is 13.3 Å². The van der Waals surface area contributed by atoms with Gasteiger partial charge in [-0.05, 0) is 24.6 Å². The molecule has 2 nitrogen and oxygen atoms in total. The van der Waals surface area contributed by atoms with E-state index in [1.54, 1.807) is 12.1 Å². The van der Waals surface area contributed by atoms with E-state index in [-0.39, 0.29) is 5.56 Å². The molecule has 0 N–H and O–H groups in total. The molecule has 74 valence electrons. The highest BCUT2D eigenvalue weighted by Crippen LogP contribution is 2.17. The van der Waals surface area contributed by atoms with Crippen molar-refractivity contribution in [2.75, 3.05) is 18.5 Å². The van der Waals surface area contributed by atoms with Crippen molar-refractivity contribution in [1.82, 2.24) is 0 Å². The molecule has 1 rings (SSSR count). The Labute approximate surface area is 83.6 Å². The summed E-state index contributed by atoms with van der Waals surface area (Å²) < 4.78 is 13.2. The van der Waals surface area contributed by atoms with Gasteiger partial charge in [-0.15, -0.1) is 0 Å². The van der Waals surface area contributed by atoms with Gasteiger partial charge in [0, 0.05) is 19.3 Å². The first-order valence-electron chi connectivity index (χ1n) is 4.59. The Hall–Kier alpha value is -1.56. The van der Waals surface area contributed by atoms with Crippen molar-refractivity contribution in [3.63, 3.8) is 0 Å². The number of hydrogen-bond donors (Lipinski definition) is 0. The zero-order valence-electron chi connectivity index (χ0n) is 8.42. The van der Waals surface area contributed by atoms with Crippen LogP contribution in [0.2, 0.25) is 0 Å². The molecule has 1 aromatic rings. The Morgan fingerprint density at radius 2 is 2.21 bits per heavy atom. The van der Waals surface area contributed by atoms with Gasteiger partial charge in [0.15, 0.2) is 0 Å². The van der Waals surface area contributed by atoms with Gasteiger partial charge in [-0.1, -0.05) is 6.92 Å². The Balaban J connectivity index is 2.92. The van der Waals surface area contributed by atoms with E-state index in [1.165, 1.54) is 12.1 Å². The molecule has 0 aliphatic rings. The molecule has 0 aliphatic heterocycles. The highest BCUT2D eigenvalue weighted by atomic mass is 19.1. The molecule has 0 atom stereocenters. The summed E-state index contributed by atoms with van der Waals surface area (Å²) in [5.41, 5.74) is 0.905. The van der Waals surface area contributed by atoms with Gasteiger partial charge in [0.1, 0.15) is 11.9 Å². The molecule has 0 heterocycles. The third-order valence-electron chi connectivity index (χ3n) is 2.07. The van der Waals surface area contributed by atoms with Crippen LogP contribution in [0.5, 0.6) is 0 Å². The lowest BCUT2D eigenvalue weighted by Crippen LogP contribution is -2.17. The number of anilines is 1. The van der Waals surface area contributed by atoms with Crippen LogP contribution in [0.15, 0.2) is 18.2 Å². The largest absolute Gasteiger partial charge is 0.375 e. The summed E-state index contributed by atoms with van der Waals surface area (Å²) in [6.45, 7) is 2.95. The van der Waals surface area contributed by atoms with Crippen LogP contribution in [0, 0.1) is 17.1 Å². The second-order valence-corrected chi connectivity index (χ2v) is 3.20. The molecule has 0 aromatic heterocycles. The van der Waals surface area contributed by atoms with Gasteiger partial charge in [-0.3, -0.25) is 0 Å². The molecule has 0 spiro atoms. The molecule has 3 heteroatoms. The summed E-state index contributed by atoms with van der Waals surface area (Å²) in [6.07, 6.45) is 1.01. The van der Waals surface area contributed by atoms with Crippen molar-refractivity contribution >= 4 is 5.69 Å². The van der Waals surface area contributed by atoms with E-state index >= 15 is 0 Å². The summed E-state index contributed by atoms with van der Waals surface area (Å²) in [6, 6.07) is 6.47. The smallest absolute Gasteiger partial charge is 0.143 e. The fourth-order valence-corrected chi connectivity index (χ4v) is 1.30. The van der Waals surface area contributed by atoms with Crippen LogP contribution in [0.3, 0.4) is 0 Å². The molecule has 1 aromatic carbocycles. The predicted octanol–water partition coefficient (Wildman–Crippen LogP) is 2.54. The highest BCUT2D eigenvalue weighted by molar-refractivity contribution is 5.49. The zero-order valence-corrected chi connectivity index (χ0v) is 8.42. The summed E-state index contributed by atoms with van der Waals surface area (Å²) in [5.74, 6) is -0.451. The molecule has 0 unspecified atom stereocenters. The van der Waals surface area contributed by atoms with Gasteiger partial charge in [0.2, 0.25) is 0 Å². The van der Waals surface area contributed by atoms with E-state index in [0.29, 0.717) is 0 Å². The summed E-state index contributed by atoms with van der Waals surface area (Å²) >= 11 is 0. The predicted molar refractivity (Wildman–Crippen MR) is 54.7 cm³/mol. The summed E-state index contributed by atoms with van der Waals surface area (Å²) in [5, 5.41) is 8.55. The second-order valence-electron chi connectivity index (χ2n) is 3.20. The van der Waals surface area contributed by atoms with E-state index in [0.717, 1.165) is 18.7 Å². The van der Waals surface area contributed by atoms with Gasteiger partial charge in [0.05, 0.1) is 5.56 Å². The molecule has 0 fully saturated rings. The number of nitriles is 1. The monoisotopic (exact) mass is 192 g/mol. The number of halogens is 1. The molecule has 14 heavy (non-hydrogen) atoms. The maximum atomic E-state index is 13.2. The Morgan fingerprint density at radius 1 is 1.50 bits per heavy atom. The molecular formula is C11H13FN2. The van der Waals surface area contributed by atoms with Crippen LogP contribution in [-0.2, 0) is 0 Å². The SMILES string of the molecule is CCCN(C)c1ccc(C#N)c(F)c1. The molecule has 0 bridgehead atoms. The van der Waals surface area contributed by atoms with Gasteiger partial charge in [-0.25, -0.2) is 4.39 Å². The average molecular weight is 192 g/mol. The van der Waals surface area contributed by atoms with E-state index in [1.807, 2.05) is 11.9 Å². The number of nitrogens with zero attached hydrogens (tertiary/aromatic N) is 2. The van der Waals surface area contributed by atoms with Crippen molar-refractivity contribution in [3.05, 3.63) is 29.6 Å². The van der Waals surface area contributed by atoms with Crippen LogP contribution in [0.25, 0.3) is 0 Å². The lowest BCUT2D eigenvalue weighted by molar-refractivity contribution is 0.623. The zero-order chi connectivity index (χ0) is 10.6. The van der Waals surface area contributed by atoms with E-state index in [4.69, 9.17) is 5.26 Å². The number of benzene rings is 1. The molecule has 0 saturated carbocycles. The minimum Gasteiger partial charge on any atom is -0.375 e. The maximum Gasteiger partial charge on any atom is 0.143 e.